The summed E-state index contributed by atoms with van der Waals surface area (Å²) >= 11 is 0. The Balaban J connectivity index is 2.25. The van der Waals surface area contributed by atoms with Gasteiger partial charge in [0.15, 0.2) is 0 Å². The van der Waals surface area contributed by atoms with Gasteiger partial charge in [-0.1, -0.05) is 26.0 Å². The van der Waals surface area contributed by atoms with E-state index in [1.54, 1.807) is 11.1 Å². The van der Waals surface area contributed by atoms with Gasteiger partial charge in [0.05, 0.1) is 0 Å². The highest BCUT2D eigenvalue weighted by molar-refractivity contribution is 5.39. The van der Waals surface area contributed by atoms with Crippen LogP contribution in [-0.2, 0) is 19.4 Å². The number of nitrogens with zero attached hydrogens (tertiary/aromatic N) is 1. The van der Waals surface area contributed by atoms with Crippen LogP contribution in [0.25, 0.3) is 0 Å². The molecule has 1 aromatic rings. The molecule has 0 saturated carbocycles. The second-order valence-electron chi connectivity index (χ2n) is 5.38. The Bertz CT molecular complexity index is 395. The molecule has 1 aliphatic rings. The smallest absolute Gasteiger partial charge is 0.0239 e. The third kappa shape index (κ3) is 2.55. The predicted octanol–water partition coefficient (Wildman–Crippen LogP) is 3.71. The summed E-state index contributed by atoms with van der Waals surface area (Å²) < 4.78 is 0. The van der Waals surface area contributed by atoms with Gasteiger partial charge < -0.3 is 0 Å². The predicted molar refractivity (Wildman–Crippen MR) is 74.4 cm³/mol. The van der Waals surface area contributed by atoms with Gasteiger partial charge in [-0.05, 0) is 55.4 Å². The molecule has 0 amide bonds. The van der Waals surface area contributed by atoms with E-state index < -0.39 is 0 Å². The molecule has 0 N–H and O–H groups in total. The van der Waals surface area contributed by atoms with Gasteiger partial charge in [-0.15, -0.1) is 0 Å². The number of rotatable bonds is 3. The molecular formula is C16H25N. The second-order valence-corrected chi connectivity index (χ2v) is 5.38. The molecule has 17 heavy (non-hydrogen) atoms. The van der Waals surface area contributed by atoms with Crippen LogP contribution in [0, 0.1) is 6.92 Å². The van der Waals surface area contributed by atoms with Crippen molar-refractivity contribution in [3.8, 4) is 0 Å². The van der Waals surface area contributed by atoms with Gasteiger partial charge in [-0.2, -0.15) is 0 Å². The maximum absolute atomic E-state index is 2.62. The molecule has 0 radical (unpaired) electrons. The normalized spacial score (nSPS) is 17.9. The molecule has 1 atom stereocenters. The fourth-order valence-corrected chi connectivity index (χ4v) is 2.82. The average molecular weight is 231 g/mol. The van der Waals surface area contributed by atoms with Crippen LogP contribution < -0.4 is 0 Å². The first-order valence-corrected chi connectivity index (χ1v) is 7.01. The Kier molecular flexibility index (Phi) is 3.88. The number of aryl methyl sites for hydroxylation is 2. The molecular weight excluding hydrogens is 206 g/mol. The zero-order chi connectivity index (χ0) is 12.4. The lowest BCUT2D eigenvalue weighted by molar-refractivity contribution is 0.186. The minimum Gasteiger partial charge on any atom is -0.296 e. The monoisotopic (exact) mass is 231 g/mol. The largest absolute Gasteiger partial charge is 0.296 e. The third-order valence-electron chi connectivity index (χ3n) is 4.30. The number of benzene rings is 1. The van der Waals surface area contributed by atoms with Gasteiger partial charge in [-0.25, -0.2) is 0 Å². The van der Waals surface area contributed by atoms with E-state index in [9.17, 15) is 0 Å². The van der Waals surface area contributed by atoms with Crippen molar-refractivity contribution in [2.24, 2.45) is 0 Å². The summed E-state index contributed by atoms with van der Waals surface area (Å²) in [4.78, 5) is 2.62. The molecule has 1 aliphatic heterocycles. The standard InChI is InChI=1S/C16H25N/c1-5-13(4)17-8-7-15-9-12(3)14(6-2)10-16(15)11-17/h9-10,13H,5-8,11H2,1-4H3. The van der Waals surface area contributed by atoms with Crippen LogP contribution in [0.1, 0.15) is 49.4 Å². The first-order chi connectivity index (χ1) is 8.15. The molecule has 94 valence electrons. The van der Waals surface area contributed by atoms with Crippen LogP contribution in [0.3, 0.4) is 0 Å². The first kappa shape index (κ1) is 12.6. The lowest BCUT2D eigenvalue weighted by atomic mass is 9.92. The molecule has 0 aromatic heterocycles. The van der Waals surface area contributed by atoms with Crippen LogP contribution in [0.15, 0.2) is 12.1 Å². The minimum atomic E-state index is 0.717. The quantitative estimate of drug-likeness (QED) is 0.766. The van der Waals surface area contributed by atoms with E-state index in [1.807, 2.05) is 0 Å². The summed E-state index contributed by atoms with van der Waals surface area (Å²) in [5, 5.41) is 0. The zero-order valence-electron chi connectivity index (χ0n) is 11.7. The molecule has 0 fully saturated rings. The molecule has 1 unspecified atom stereocenters. The van der Waals surface area contributed by atoms with Gasteiger partial charge in [0.1, 0.15) is 0 Å². The van der Waals surface area contributed by atoms with E-state index in [0.29, 0.717) is 0 Å². The van der Waals surface area contributed by atoms with Crippen LogP contribution in [-0.4, -0.2) is 17.5 Å². The Morgan fingerprint density at radius 3 is 2.65 bits per heavy atom. The molecule has 0 saturated heterocycles. The highest BCUT2D eigenvalue weighted by Crippen LogP contribution is 2.25. The Morgan fingerprint density at radius 1 is 1.24 bits per heavy atom. The lowest BCUT2D eigenvalue weighted by Crippen LogP contribution is -2.37. The Morgan fingerprint density at radius 2 is 2.00 bits per heavy atom. The van der Waals surface area contributed by atoms with Crippen molar-refractivity contribution < 1.29 is 0 Å². The Labute approximate surface area is 106 Å². The number of hydrogen-bond donors (Lipinski definition) is 0. The highest BCUT2D eigenvalue weighted by Gasteiger charge is 2.20. The van der Waals surface area contributed by atoms with Gasteiger partial charge in [0.2, 0.25) is 0 Å². The van der Waals surface area contributed by atoms with Crippen LogP contribution in [0.4, 0.5) is 0 Å². The van der Waals surface area contributed by atoms with E-state index in [2.05, 4.69) is 44.7 Å². The van der Waals surface area contributed by atoms with E-state index in [1.165, 1.54) is 30.5 Å². The van der Waals surface area contributed by atoms with Crippen molar-refractivity contribution in [3.05, 3.63) is 34.4 Å². The van der Waals surface area contributed by atoms with Crippen molar-refractivity contribution >= 4 is 0 Å². The van der Waals surface area contributed by atoms with Gasteiger partial charge in [-0.3, -0.25) is 4.90 Å². The molecule has 2 rings (SSSR count). The number of fused-ring (bicyclic) bond motifs is 1. The van der Waals surface area contributed by atoms with Gasteiger partial charge in [0.25, 0.3) is 0 Å². The van der Waals surface area contributed by atoms with Gasteiger partial charge in [0, 0.05) is 19.1 Å². The maximum atomic E-state index is 2.62. The summed E-state index contributed by atoms with van der Waals surface area (Å²) in [6.45, 7) is 11.5. The SMILES string of the molecule is CCc1cc2c(cc1C)CCN(C(C)CC)C2. The average Bonchev–Trinajstić information content (AvgIpc) is 2.36. The highest BCUT2D eigenvalue weighted by atomic mass is 15.1. The molecule has 0 bridgehead atoms. The minimum absolute atomic E-state index is 0.717. The van der Waals surface area contributed by atoms with E-state index in [4.69, 9.17) is 0 Å². The van der Waals surface area contributed by atoms with E-state index in [0.717, 1.165) is 19.0 Å². The summed E-state index contributed by atoms with van der Waals surface area (Å²) in [5.74, 6) is 0. The summed E-state index contributed by atoms with van der Waals surface area (Å²) in [5.41, 5.74) is 6.15. The molecule has 1 nitrogen and oxygen atoms in total. The summed E-state index contributed by atoms with van der Waals surface area (Å²) in [6.07, 6.45) is 3.63. The Hall–Kier alpha value is -0.820. The molecule has 0 spiro atoms. The lowest BCUT2D eigenvalue weighted by Gasteiger charge is -2.33. The zero-order valence-corrected chi connectivity index (χ0v) is 11.7. The van der Waals surface area contributed by atoms with Crippen LogP contribution >= 0.6 is 0 Å². The van der Waals surface area contributed by atoms with E-state index in [-0.39, 0.29) is 0 Å². The van der Waals surface area contributed by atoms with Crippen molar-refractivity contribution in [2.45, 2.75) is 59.5 Å². The van der Waals surface area contributed by atoms with Crippen LogP contribution in [0.5, 0.6) is 0 Å². The first-order valence-electron chi connectivity index (χ1n) is 7.01. The second kappa shape index (κ2) is 5.22. The van der Waals surface area contributed by atoms with Crippen molar-refractivity contribution in [1.29, 1.82) is 0 Å². The summed E-state index contributed by atoms with van der Waals surface area (Å²) in [6, 6.07) is 5.58. The maximum Gasteiger partial charge on any atom is 0.0239 e. The number of hydrogen-bond acceptors (Lipinski definition) is 1. The fourth-order valence-electron chi connectivity index (χ4n) is 2.82. The molecule has 0 aliphatic carbocycles. The van der Waals surface area contributed by atoms with Gasteiger partial charge >= 0.3 is 0 Å². The van der Waals surface area contributed by atoms with Crippen molar-refractivity contribution in [3.63, 3.8) is 0 Å². The molecule has 1 aromatic carbocycles. The molecule has 1 heteroatoms. The summed E-state index contributed by atoms with van der Waals surface area (Å²) in [7, 11) is 0. The van der Waals surface area contributed by atoms with E-state index >= 15 is 0 Å². The van der Waals surface area contributed by atoms with Crippen molar-refractivity contribution in [2.75, 3.05) is 6.54 Å². The van der Waals surface area contributed by atoms with Crippen molar-refractivity contribution in [1.82, 2.24) is 4.90 Å². The molecule has 1 heterocycles. The third-order valence-corrected chi connectivity index (χ3v) is 4.30. The fraction of sp³-hybridized carbons (Fsp3) is 0.625. The van der Waals surface area contributed by atoms with Crippen LogP contribution in [0.2, 0.25) is 0 Å². The topological polar surface area (TPSA) is 3.24 Å².